The molecule has 36 heavy (non-hydrogen) atoms. The molecule has 3 aromatic rings. The van der Waals surface area contributed by atoms with E-state index in [2.05, 4.69) is 28.1 Å². The predicted octanol–water partition coefficient (Wildman–Crippen LogP) is 3.85. The molecule has 1 unspecified atom stereocenters. The van der Waals surface area contributed by atoms with Gasteiger partial charge in [-0.3, -0.25) is 4.79 Å². The normalized spacial score (nSPS) is 13.6. The summed E-state index contributed by atoms with van der Waals surface area (Å²) in [6, 6.07) is 21.5. The van der Waals surface area contributed by atoms with E-state index in [1.165, 1.54) is 0 Å². The number of benzene rings is 3. The molecule has 0 bridgehead atoms. The summed E-state index contributed by atoms with van der Waals surface area (Å²) in [7, 11) is 0. The van der Waals surface area contributed by atoms with Crippen LogP contribution >= 0.6 is 0 Å². The van der Waals surface area contributed by atoms with Gasteiger partial charge in [-0.2, -0.15) is 0 Å². The quantitative estimate of drug-likeness (QED) is 0.326. The Morgan fingerprint density at radius 2 is 1.50 bits per heavy atom. The van der Waals surface area contributed by atoms with E-state index in [1.807, 2.05) is 36.4 Å². The minimum atomic E-state index is -1.23. The molecule has 9 heteroatoms. The molecule has 0 spiro atoms. The van der Waals surface area contributed by atoms with Gasteiger partial charge in [0.15, 0.2) is 0 Å². The van der Waals surface area contributed by atoms with Crippen LogP contribution < -0.4 is 16.0 Å². The lowest BCUT2D eigenvalue weighted by Gasteiger charge is -2.17. The zero-order valence-corrected chi connectivity index (χ0v) is 19.6. The van der Waals surface area contributed by atoms with Gasteiger partial charge in [-0.15, -0.1) is 0 Å². The summed E-state index contributed by atoms with van der Waals surface area (Å²) >= 11 is 0. The Labute approximate surface area is 208 Å². The fraction of sp³-hybridized carbons (Fsp3) is 0.222. The van der Waals surface area contributed by atoms with Gasteiger partial charge in [0, 0.05) is 11.6 Å². The highest BCUT2D eigenvalue weighted by molar-refractivity contribution is 5.96. The second-order valence-corrected chi connectivity index (χ2v) is 8.50. The molecule has 4 rings (SSSR count). The Morgan fingerprint density at radius 3 is 2.08 bits per heavy atom. The van der Waals surface area contributed by atoms with Crippen molar-refractivity contribution in [3.8, 4) is 11.1 Å². The summed E-state index contributed by atoms with van der Waals surface area (Å²) in [6.07, 6.45) is -2.93. The lowest BCUT2D eigenvalue weighted by Crippen LogP contribution is -2.42. The molecule has 0 aromatic heterocycles. The number of ether oxygens (including phenoxy) is 1. The maximum atomic E-state index is 12.5. The number of hydrogen-bond donors (Lipinski definition) is 5. The molecule has 0 aliphatic heterocycles. The molecule has 0 heterocycles. The zero-order valence-electron chi connectivity index (χ0n) is 19.6. The molecular formula is C27H27N3O6. The van der Waals surface area contributed by atoms with E-state index in [4.69, 9.17) is 9.84 Å². The standard InChI is InChI=1S/C27H27N3O6/c1-16(25(32)30-18-12-10-17(11-13-18)24(31)14-28-26(33)34)29-27(35)36-15-23-21-8-4-2-6-19(21)20-7-3-5-9-22(20)23/h2-13,16,23-24,28,31H,14-15H2,1H3,(H,29,35)(H,30,32)(H,33,34)/t16-,24?/m0/s1. The van der Waals surface area contributed by atoms with E-state index in [1.54, 1.807) is 31.2 Å². The molecule has 0 fully saturated rings. The maximum absolute atomic E-state index is 12.5. The first-order chi connectivity index (χ1) is 17.3. The van der Waals surface area contributed by atoms with Crippen LogP contribution in [-0.4, -0.2) is 47.5 Å². The van der Waals surface area contributed by atoms with E-state index >= 15 is 0 Å². The van der Waals surface area contributed by atoms with Crippen LogP contribution in [0.1, 0.15) is 35.6 Å². The second kappa shape index (κ2) is 10.9. The average molecular weight is 490 g/mol. The minimum absolute atomic E-state index is 0.0770. The number of carbonyl (C=O) groups is 3. The second-order valence-electron chi connectivity index (χ2n) is 8.50. The van der Waals surface area contributed by atoms with Crippen LogP contribution in [-0.2, 0) is 9.53 Å². The van der Waals surface area contributed by atoms with E-state index in [0.29, 0.717) is 11.3 Å². The molecule has 2 atom stereocenters. The van der Waals surface area contributed by atoms with Crippen molar-refractivity contribution in [2.24, 2.45) is 0 Å². The van der Waals surface area contributed by atoms with Crippen molar-refractivity contribution >= 4 is 23.8 Å². The van der Waals surface area contributed by atoms with E-state index in [0.717, 1.165) is 22.3 Å². The smallest absolute Gasteiger partial charge is 0.407 e. The molecule has 3 aromatic carbocycles. The SMILES string of the molecule is C[C@H](NC(=O)OCC1c2ccccc2-c2ccccc21)C(=O)Nc1ccc(C(O)CNC(=O)O)cc1. The summed E-state index contributed by atoms with van der Waals surface area (Å²) in [4.78, 5) is 35.5. The molecule has 3 amide bonds. The third kappa shape index (κ3) is 5.64. The van der Waals surface area contributed by atoms with Crippen molar-refractivity contribution in [2.45, 2.75) is 25.0 Å². The van der Waals surface area contributed by atoms with Gasteiger partial charge in [0.1, 0.15) is 12.6 Å². The van der Waals surface area contributed by atoms with Crippen molar-refractivity contribution in [3.05, 3.63) is 89.5 Å². The lowest BCUT2D eigenvalue weighted by atomic mass is 9.98. The first-order valence-electron chi connectivity index (χ1n) is 11.5. The molecule has 1 aliphatic carbocycles. The molecular weight excluding hydrogens is 462 g/mol. The summed E-state index contributed by atoms with van der Waals surface area (Å²) in [5, 5.41) is 26.0. The van der Waals surface area contributed by atoms with Crippen molar-refractivity contribution < 1.29 is 29.3 Å². The molecule has 1 aliphatic rings. The number of alkyl carbamates (subject to hydrolysis) is 1. The molecule has 0 saturated heterocycles. The van der Waals surface area contributed by atoms with Crippen molar-refractivity contribution in [1.29, 1.82) is 0 Å². The van der Waals surface area contributed by atoms with Crippen LogP contribution in [0.3, 0.4) is 0 Å². The highest BCUT2D eigenvalue weighted by Crippen LogP contribution is 2.44. The number of fused-ring (bicyclic) bond motifs is 3. The number of aliphatic hydroxyl groups excluding tert-OH is 1. The Bertz CT molecular complexity index is 1210. The highest BCUT2D eigenvalue weighted by Gasteiger charge is 2.29. The minimum Gasteiger partial charge on any atom is -0.465 e. The molecule has 5 N–H and O–H groups in total. The number of carboxylic acid groups (broad SMARTS) is 1. The fourth-order valence-electron chi connectivity index (χ4n) is 4.22. The highest BCUT2D eigenvalue weighted by atomic mass is 16.5. The van der Waals surface area contributed by atoms with Crippen LogP contribution in [0.15, 0.2) is 72.8 Å². The summed E-state index contributed by atoms with van der Waals surface area (Å²) in [5.74, 6) is -0.517. The van der Waals surface area contributed by atoms with Gasteiger partial charge < -0.3 is 30.9 Å². The van der Waals surface area contributed by atoms with Crippen molar-refractivity contribution in [1.82, 2.24) is 10.6 Å². The summed E-state index contributed by atoms with van der Waals surface area (Å²) in [5.41, 5.74) is 5.42. The first-order valence-corrected chi connectivity index (χ1v) is 11.5. The van der Waals surface area contributed by atoms with E-state index in [-0.39, 0.29) is 19.1 Å². The monoisotopic (exact) mass is 489 g/mol. The van der Waals surface area contributed by atoms with Crippen molar-refractivity contribution in [2.75, 3.05) is 18.5 Å². The molecule has 0 radical (unpaired) electrons. The van der Waals surface area contributed by atoms with Gasteiger partial charge in [-0.1, -0.05) is 60.7 Å². The Balaban J connectivity index is 1.28. The topological polar surface area (TPSA) is 137 Å². The third-order valence-corrected chi connectivity index (χ3v) is 6.08. The Hall–Kier alpha value is -4.37. The van der Waals surface area contributed by atoms with Gasteiger partial charge in [0.05, 0.1) is 12.6 Å². The van der Waals surface area contributed by atoms with Crippen LogP contribution in [0.2, 0.25) is 0 Å². The van der Waals surface area contributed by atoms with Crippen LogP contribution in [0.5, 0.6) is 0 Å². The number of nitrogens with one attached hydrogen (secondary N) is 3. The van der Waals surface area contributed by atoms with Crippen molar-refractivity contribution in [3.63, 3.8) is 0 Å². The van der Waals surface area contributed by atoms with E-state index in [9.17, 15) is 19.5 Å². The van der Waals surface area contributed by atoms with E-state index < -0.39 is 30.2 Å². The van der Waals surface area contributed by atoms with Gasteiger partial charge in [-0.25, -0.2) is 9.59 Å². The molecule has 186 valence electrons. The third-order valence-electron chi connectivity index (χ3n) is 6.08. The van der Waals surface area contributed by atoms with Crippen LogP contribution in [0, 0.1) is 0 Å². The number of hydrogen-bond acceptors (Lipinski definition) is 5. The number of carbonyl (C=O) groups excluding carboxylic acids is 2. The maximum Gasteiger partial charge on any atom is 0.407 e. The van der Waals surface area contributed by atoms with Gasteiger partial charge in [0.2, 0.25) is 5.91 Å². The largest absolute Gasteiger partial charge is 0.465 e. The fourth-order valence-corrected chi connectivity index (χ4v) is 4.22. The zero-order chi connectivity index (χ0) is 25.7. The van der Waals surface area contributed by atoms with Crippen LogP contribution in [0.25, 0.3) is 11.1 Å². The number of aliphatic hydroxyl groups is 1. The van der Waals surface area contributed by atoms with Gasteiger partial charge >= 0.3 is 12.2 Å². The predicted molar refractivity (Wildman–Crippen MR) is 134 cm³/mol. The van der Waals surface area contributed by atoms with Gasteiger partial charge in [0.25, 0.3) is 0 Å². The van der Waals surface area contributed by atoms with Gasteiger partial charge in [-0.05, 0) is 46.9 Å². The lowest BCUT2D eigenvalue weighted by molar-refractivity contribution is -0.117. The number of amides is 3. The average Bonchev–Trinajstić information content (AvgIpc) is 3.20. The Morgan fingerprint density at radius 1 is 0.917 bits per heavy atom. The molecule has 9 nitrogen and oxygen atoms in total. The number of rotatable bonds is 8. The Kier molecular flexibility index (Phi) is 7.50. The molecule has 0 saturated carbocycles. The number of anilines is 1. The van der Waals surface area contributed by atoms with Crippen LogP contribution in [0.4, 0.5) is 15.3 Å². The summed E-state index contributed by atoms with van der Waals surface area (Å²) < 4.78 is 5.49. The first kappa shape index (κ1) is 24.7. The summed E-state index contributed by atoms with van der Waals surface area (Å²) in [6.45, 7) is 1.54.